The van der Waals surface area contributed by atoms with E-state index >= 15 is 0 Å². The molecule has 2 amide bonds. The zero-order valence-electron chi connectivity index (χ0n) is 15.3. The number of aryl methyl sites for hydroxylation is 2. The van der Waals surface area contributed by atoms with Crippen LogP contribution in [0.1, 0.15) is 28.6 Å². The van der Waals surface area contributed by atoms with Crippen LogP contribution in [0.15, 0.2) is 41.0 Å². The number of rotatable bonds is 5. The Morgan fingerprint density at radius 3 is 2.50 bits per heavy atom. The van der Waals surface area contributed by atoms with Gasteiger partial charge in [-0.15, -0.1) is 0 Å². The number of anilines is 1. The second-order valence-electron chi connectivity index (χ2n) is 6.56. The van der Waals surface area contributed by atoms with E-state index in [0.717, 1.165) is 23.2 Å². The molecule has 1 aromatic carbocycles. The Kier molecular flexibility index (Phi) is 5.73. The van der Waals surface area contributed by atoms with Gasteiger partial charge in [0.05, 0.1) is 12.8 Å². The largest absolute Gasteiger partial charge is 0.459 e. The highest BCUT2D eigenvalue weighted by molar-refractivity contribution is 5.93. The van der Waals surface area contributed by atoms with Crippen molar-refractivity contribution in [3.63, 3.8) is 0 Å². The second-order valence-corrected chi connectivity index (χ2v) is 6.56. The normalized spacial score (nSPS) is 15.1. The highest BCUT2D eigenvalue weighted by Crippen LogP contribution is 2.16. The van der Waals surface area contributed by atoms with Crippen molar-refractivity contribution in [3.05, 3.63) is 53.5 Å². The Labute approximate surface area is 153 Å². The fraction of sp³-hybridized carbons (Fsp3) is 0.400. The van der Waals surface area contributed by atoms with Crippen molar-refractivity contribution in [1.82, 2.24) is 9.80 Å². The smallest absolute Gasteiger partial charge is 0.289 e. The number of benzene rings is 1. The fourth-order valence-electron chi connectivity index (χ4n) is 3.19. The van der Waals surface area contributed by atoms with Gasteiger partial charge < -0.3 is 14.6 Å². The zero-order chi connectivity index (χ0) is 18.5. The predicted molar refractivity (Wildman–Crippen MR) is 100 cm³/mol. The highest BCUT2D eigenvalue weighted by Gasteiger charge is 2.25. The van der Waals surface area contributed by atoms with Crippen LogP contribution in [0.4, 0.5) is 5.69 Å². The number of carbonyl (C=O) groups excluding carboxylic acids is 2. The van der Waals surface area contributed by atoms with Crippen LogP contribution in [0.3, 0.4) is 0 Å². The molecule has 3 rings (SSSR count). The van der Waals surface area contributed by atoms with Gasteiger partial charge in [0.15, 0.2) is 5.76 Å². The molecule has 6 heteroatoms. The van der Waals surface area contributed by atoms with Crippen molar-refractivity contribution in [2.45, 2.75) is 20.3 Å². The maximum absolute atomic E-state index is 12.5. The second kappa shape index (κ2) is 8.19. The Balaban J connectivity index is 1.50. The molecule has 1 N–H and O–H groups in total. The molecule has 0 saturated carbocycles. The topological polar surface area (TPSA) is 65.8 Å². The standard InChI is InChI=1S/C20H25N3O3/c1-3-16-6-4-5-7-17(16)21-18(24)14-22-9-11-23(12-10-22)20(25)19-15(2)8-13-26-19/h4-8,13H,3,9-12,14H2,1-2H3,(H,21,24). The Hall–Kier alpha value is -2.60. The van der Waals surface area contributed by atoms with Gasteiger partial charge in [-0.05, 0) is 31.0 Å². The zero-order valence-corrected chi connectivity index (χ0v) is 15.3. The molecule has 1 aliphatic heterocycles. The van der Waals surface area contributed by atoms with Crippen LogP contribution in [0.25, 0.3) is 0 Å². The van der Waals surface area contributed by atoms with E-state index in [4.69, 9.17) is 4.42 Å². The third-order valence-electron chi connectivity index (χ3n) is 4.76. The van der Waals surface area contributed by atoms with Crippen LogP contribution >= 0.6 is 0 Å². The van der Waals surface area contributed by atoms with Crippen molar-refractivity contribution in [1.29, 1.82) is 0 Å². The van der Waals surface area contributed by atoms with Gasteiger partial charge in [-0.1, -0.05) is 25.1 Å². The first-order chi connectivity index (χ1) is 12.6. The first-order valence-corrected chi connectivity index (χ1v) is 9.02. The molecule has 1 aliphatic rings. The van der Waals surface area contributed by atoms with Crippen LogP contribution in [0.5, 0.6) is 0 Å². The van der Waals surface area contributed by atoms with Crippen LogP contribution in [0.2, 0.25) is 0 Å². The molecule has 0 unspecified atom stereocenters. The van der Waals surface area contributed by atoms with Gasteiger partial charge in [0.2, 0.25) is 5.91 Å². The Morgan fingerprint density at radius 2 is 1.85 bits per heavy atom. The van der Waals surface area contributed by atoms with Gasteiger partial charge in [0, 0.05) is 37.4 Å². The average Bonchev–Trinajstić information content (AvgIpc) is 3.08. The van der Waals surface area contributed by atoms with E-state index in [-0.39, 0.29) is 11.8 Å². The molecule has 0 aliphatic carbocycles. The molecule has 2 aromatic rings. The fourth-order valence-corrected chi connectivity index (χ4v) is 3.19. The molecule has 0 bridgehead atoms. The lowest BCUT2D eigenvalue weighted by atomic mass is 10.1. The Bertz CT molecular complexity index is 776. The van der Waals surface area contributed by atoms with Crippen molar-refractivity contribution in [3.8, 4) is 0 Å². The van der Waals surface area contributed by atoms with Crippen molar-refractivity contribution in [2.75, 3.05) is 38.0 Å². The van der Waals surface area contributed by atoms with Crippen LogP contribution in [0, 0.1) is 6.92 Å². The summed E-state index contributed by atoms with van der Waals surface area (Å²) in [6, 6.07) is 9.65. The number of furan rings is 1. The highest BCUT2D eigenvalue weighted by atomic mass is 16.3. The average molecular weight is 355 g/mol. The molecule has 1 saturated heterocycles. The summed E-state index contributed by atoms with van der Waals surface area (Å²) in [5.74, 6) is 0.313. The maximum Gasteiger partial charge on any atom is 0.289 e. The number of nitrogens with zero attached hydrogens (tertiary/aromatic N) is 2. The van der Waals surface area contributed by atoms with Crippen LogP contribution < -0.4 is 5.32 Å². The monoisotopic (exact) mass is 355 g/mol. The minimum Gasteiger partial charge on any atom is -0.459 e. The lowest BCUT2D eigenvalue weighted by Crippen LogP contribution is -2.50. The van der Waals surface area contributed by atoms with Crippen LogP contribution in [-0.2, 0) is 11.2 Å². The molecule has 0 atom stereocenters. The summed E-state index contributed by atoms with van der Waals surface area (Å²) in [6.45, 7) is 6.81. The summed E-state index contributed by atoms with van der Waals surface area (Å²) in [7, 11) is 0. The van der Waals surface area contributed by atoms with Gasteiger partial charge >= 0.3 is 0 Å². The quantitative estimate of drug-likeness (QED) is 0.895. The number of piperazine rings is 1. The summed E-state index contributed by atoms with van der Waals surface area (Å²) in [5.41, 5.74) is 2.86. The first-order valence-electron chi connectivity index (χ1n) is 9.02. The van der Waals surface area contributed by atoms with Gasteiger partial charge in [-0.25, -0.2) is 0 Å². The number of hydrogen-bond acceptors (Lipinski definition) is 4. The molecule has 0 spiro atoms. The number of carbonyl (C=O) groups is 2. The van der Waals surface area contributed by atoms with Gasteiger partial charge in [-0.3, -0.25) is 14.5 Å². The molecular weight excluding hydrogens is 330 g/mol. The number of hydrogen-bond donors (Lipinski definition) is 1. The minimum atomic E-state index is -0.0755. The van der Waals surface area contributed by atoms with E-state index in [9.17, 15) is 9.59 Å². The van der Waals surface area contributed by atoms with Gasteiger partial charge in [-0.2, -0.15) is 0 Å². The van der Waals surface area contributed by atoms with E-state index < -0.39 is 0 Å². The summed E-state index contributed by atoms with van der Waals surface area (Å²) < 4.78 is 5.29. The summed E-state index contributed by atoms with van der Waals surface area (Å²) in [5, 5.41) is 3.00. The molecular formula is C20H25N3O3. The summed E-state index contributed by atoms with van der Waals surface area (Å²) in [6.07, 6.45) is 2.42. The number of nitrogens with one attached hydrogen (secondary N) is 1. The lowest BCUT2D eigenvalue weighted by molar-refractivity contribution is -0.117. The molecule has 138 valence electrons. The van der Waals surface area contributed by atoms with Crippen molar-refractivity contribution >= 4 is 17.5 Å². The first kappa shape index (κ1) is 18.2. The van der Waals surface area contributed by atoms with Crippen molar-refractivity contribution < 1.29 is 14.0 Å². The van der Waals surface area contributed by atoms with E-state index in [1.807, 2.05) is 31.2 Å². The van der Waals surface area contributed by atoms with Gasteiger partial charge in [0.1, 0.15) is 0 Å². The third kappa shape index (κ3) is 4.14. The van der Waals surface area contributed by atoms with E-state index in [1.54, 1.807) is 11.0 Å². The van der Waals surface area contributed by atoms with E-state index in [2.05, 4.69) is 17.1 Å². The summed E-state index contributed by atoms with van der Waals surface area (Å²) >= 11 is 0. The van der Waals surface area contributed by atoms with Gasteiger partial charge in [0.25, 0.3) is 5.91 Å². The molecule has 0 radical (unpaired) electrons. The summed E-state index contributed by atoms with van der Waals surface area (Å²) in [4.78, 5) is 28.7. The van der Waals surface area contributed by atoms with E-state index in [1.165, 1.54) is 6.26 Å². The molecule has 26 heavy (non-hydrogen) atoms. The maximum atomic E-state index is 12.5. The van der Waals surface area contributed by atoms with Crippen molar-refractivity contribution in [2.24, 2.45) is 0 Å². The van der Waals surface area contributed by atoms with Crippen LogP contribution in [-0.4, -0.2) is 54.3 Å². The third-order valence-corrected chi connectivity index (χ3v) is 4.76. The molecule has 1 fully saturated rings. The SMILES string of the molecule is CCc1ccccc1NC(=O)CN1CCN(C(=O)c2occc2C)CC1. The van der Waals surface area contributed by atoms with E-state index in [0.29, 0.717) is 38.5 Å². The Morgan fingerprint density at radius 1 is 1.12 bits per heavy atom. The minimum absolute atomic E-state index is 0.0208. The predicted octanol–water partition coefficient (Wildman–Crippen LogP) is 2.55. The number of amides is 2. The number of para-hydroxylation sites is 1. The molecule has 6 nitrogen and oxygen atoms in total. The molecule has 2 heterocycles. The molecule has 1 aromatic heterocycles. The lowest BCUT2D eigenvalue weighted by Gasteiger charge is -2.34.